The topological polar surface area (TPSA) is 69.4 Å². The lowest BCUT2D eigenvalue weighted by Crippen LogP contribution is -2.25. The predicted octanol–water partition coefficient (Wildman–Crippen LogP) is 1.92. The Morgan fingerprint density at radius 1 is 1.19 bits per heavy atom. The average Bonchev–Trinajstić information content (AvgIpc) is 3.18. The first kappa shape index (κ1) is 14.0. The molecule has 6 nitrogen and oxygen atoms in total. The van der Waals surface area contributed by atoms with Crippen molar-refractivity contribution >= 4 is 0 Å². The highest BCUT2D eigenvalue weighted by Crippen LogP contribution is 2.12. The van der Waals surface area contributed by atoms with Crippen molar-refractivity contribution in [3.8, 4) is 5.75 Å². The number of nitrogens with one attached hydrogen (secondary N) is 1. The van der Waals surface area contributed by atoms with Gasteiger partial charge in [-0.3, -0.25) is 0 Å². The van der Waals surface area contributed by atoms with Crippen LogP contribution in [0.15, 0.2) is 34.7 Å². The Morgan fingerprint density at radius 3 is 2.86 bits per heavy atom. The van der Waals surface area contributed by atoms with E-state index in [0.29, 0.717) is 24.4 Å². The molecule has 0 aliphatic carbocycles. The van der Waals surface area contributed by atoms with E-state index in [4.69, 9.17) is 13.9 Å². The fourth-order valence-electron chi connectivity index (χ4n) is 2.23. The SMILES string of the molecule is c1ccc(OCc2nnc(CNCC3CCCO3)o2)cc1. The maximum Gasteiger partial charge on any atom is 0.253 e. The third-order valence-corrected chi connectivity index (χ3v) is 3.29. The summed E-state index contributed by atoms with van der Waals surface area (Å²) in [7, 11) is 0. The van der Waals surface area contributed by atoms with Gasteiger partial charge in [0.1, 0.15) is 5.75 Å². The van der Waals surface area contributed by atoms with Crippen LogP contribution in [0.4, 0.5) is 0 Å². The maximum absolute atomic E-state index is 5.55. The molecule has 1 fully saturated rings. The van der Waals surface area contributed by atoms with Gasteiger partial charge in [-0.05, 0) is 25.0 Å². The van der Waals surface area contributed by atoms with Gasteiger partial charge in [-0.2, -0.15) is 0 Å². The van der Waals surface area contributed by atoms with Crippen molar-refractivity contribution in [2.75, 3.05) is 13.2 Å². The highest BCUT2D eigenvalue weighted by molar-refractivity contribution is 5.20. The number of benzene rings is 1. The van der Waals surface area contributed by atoms with Crippen molar-refractivity contribution in [1.82, 2.24) is 15.5 Å². The van der Waals surface area contributed by atoms with Gasteiger partial charge in [-0.15, -0.1) is 10.2 Å². The van der Waals surface area contributed by atoms with E-state index in [-0.39, 0.29) is 6.61 Å². The molecule has 2 heterocycles. The predicted molar refractivity (Wildman–Crippen MR) is 75.8 cm³/mol. The molecular formula is C15H19N3O3. The van der Waals surface area contributed by atoms with Crippen molar-refractivity contribution in [3.05, 3.63) is 42.1 Å². The van der Waals surface area contributed by atoms with E-state index < -0.39 is 0 Å². The lowest BCUT2D eigenvalue weighted by molar-refractivity contribution is 0.109. The van der Waals surface area contributed by atoms with Gasteiger partial charge in [-0.1, -0.05) is 18.2 Å². The Morgan fingerprint density at radius 2 is 2.05 bits per heavy atom. The third kappa shape index (κ3) is 4.27. The van der Waals surface area contributed by atoms with Gasteiger partial charge in [0.2, 0.25) is 5.89 Å². The van der Waals surface area contributed by atoms with Gasteiger partial charge in [0.15, 0.2) is 6.61 Å². The van der Waals surface area contributed by atoms with Crippen LogP contribution in [0.5, 0.6) is 5.75 Å². The van der Waals surface area contributed by atoms with Crippen molar-refractivity contribution in [3.63, 3.8) is 0 Å². The van der Waals surface area contributed by atoms with Crippen molar-refractivity contribution in [1.29, 1.82) is 0 Å². The van der Waals surface area contributed by atoms with Crippen LogP contribution >= 0.6 is 0 Å². The monoisotopic (exact) mass is 289 g/mol. The van der Waals surface area contributed by atoms with Crippen molar-refractivity contribution in [2.45, 2.75) is 32.1 Å². The Hall–Kier alpha value is -1.92. The molecular weight excluding hydrogens is 270 g/mol. The number of aromatic nitrogens is 2. The molecule has 1 aromatic carbocycles. The first-order valence-electron chi connectivity index (χ1n) is 7.21. The molecule has 0 amide bonds. The molecule has 0 radical (unpaired) electrons. The van der Waals surface area contributed by atoms with Crippen LogP contribution in [0, 0.1) is 0 Å². The Balaban J connectivity index is 1.40. The average molecular weight is 289 g/mol. The zero-order valence-corrected chi connectivity index (χ0v) is 11.8. The largest absolute Gasteiger partial charge is 0.484 e. The second kappa shape index (κ2) is 7.19. The number of nitrogens with zero attached hydrogens (tertiary/aromatic N) is 2. The molecule has 1 aromatic heterocycles. The lowest BCUT2D eigenvalue weighted by Gasteiger charge is -2.08. The van der Waals surface area contributed by atoms with Crippen LogP contribution in [0.3, 0.4) is 0 Å². The summed E-state index contributed by atoms with van der Waals surface area (Å²) in [5, 5.41) is 11.2. The quantitative estimate of drug-likeness (QED) is 0.839. The van der Waals surface area contributed by atoms with Crippen LogP contribution < -0.4 is 10.1 Å². The van der Waals surface area contributed by atoms with Gasteiger partial charge in [0, 0.05) is 13.2 Å². The first-order valence-corrected chi connectivity index (χ1v) is 7.21. The van der Waals surface area contributed by atoms with E-state index in [1.807, 2.05) is 30.3 Å². The third-order valence-electron chi connectivity index (χ3n) is 3.29. The number of ether oxygens (including phenoxy) is 2. The molecule has 21 heavy (non-hydrogen) atoms. The fourth-order valence-corrected chi connectivity index (χ4v) is 2.23. The lowest BCUT2D eigenvalue weighted by atomic mass is 10.2. The highest BCUT2D eigenvalue weighted by Gasteiger charge is 2.15. The van der Waals surface area contributed by atoms with E-state index in [1.165, 1.54) is 0 Å². The van der Waals surface area contributed by atoms with Crippen molar-refractivity contribution in [2.24, 2.45) is 0 Å². The minimum atomic E-state index is 0.281. The minimum Gasteiger partial charge on any atom is -0.484 e. The summed E-state index contributed by atoms with van der Waals surface area (Å²) in [6.45, 7) is 2.52. The Kier molecular flexibility index (Phi) is 4.81. The molecule has 1 saturated heterocycles. The molecule has 0 spiro atoms. The summed E-state index contributed by atoms with van der Waals surface area (Å²) < 4.78 is 16.6. The van der Waals surface area contributed by atoms with Gasteiger partial charge >= 0.3 is 0 Å². The zero-order chi connectivity index (χ0) is 14.3. The second-order valence-electron chi connectivity index (χ2n) is 4.96. The molecule has 1 unspecified atom stereocenters. The molecule has 1 aliphatic rings. The van der Waals surface area contributed by atoms with E-state index in [0.717, 1.165) is 31.7 Å². The molecule has 2 aromatic rings. The number of hydrogen-bond acceptors (Lipinski definition) is 6. The van der Waals surface area contributed by atoms with Crippen LogP contribution in [-0.4, -0.2) is 29.5 Å². The number of rotatable bonds is 7. The van der Waals surface area contributed by atoms with E-state index in [9.17, 15) is 0 Å². The molecule has 1 atom stereocenters. The van der Waals surface area contributed by atoms with Gasteiger partial charge < -0.3 is 19.2 Å². The van der Waals surface area contributed by atoms with Gasteiger partial charge in [0.25, 0.3) is 5.89 Å². The van der Waals surface area contributed by atoms with E-state index in [2.05, 4.69) is 15.5 Å². The summed E-state index contributed by atoms with van der Waals surface area (Å²) in [5.74, 6) is 1.83. The summed E-state index contributed by atoms with van der Waals surface area (Å²) in [5.41, 5.74) is 0. The van der Waals surface area contributed by atoms with Crippen LogP contribution in [0.2, 0.25) is 0 Å². The summed E-state index contributed by atoms with van der Waals surface area (Å²) in [6, 6.07) is 9.56. The highest BCUT2D eigenvalue weighted by atomic mass is 16.5. The number of hydrogen-bond donors (Lipinski definition) is 1. The van der Waals surface area contributed by atoms with E-state index >= 15 is 0 Å². The van der Waals surface area contributed by atoms with Gasteiger partial charge in [-0.25, -0.2) is 0 Å². The summed E-state index contributed by atoms with van der Waals surface area (Å²) in [6.07, 6.45) is 2.58. The van der Waals surface area contributed by atoms with E-state index in [1.54, 1.807) is 0 Å². The molecule has 6 heteroatoms. The fraction of sp³-hybridized carbons (Fsp3) is 0.467. The van der Waals surface area contributed by atoms with Crippen LogP contribution in [0.25, 0.3) is 0 Å². The molecule has 1 aliphatic heterocycles. The summed E-state index contributed by atoms with van der Waals surface area (Å²) >= 11 is 0. The molecule has 0 saturated carbocycles. The maximum atomic E-state index is 5.55. The Bertz CT molecular complexity index is 538. The first-order chi connectivity index (χ1) is 10.4. The van der Waals surface area contributed by atoms with Crippen molar-refractivity contribution < 1.29 is 13.9 Å². The standard InChI is InChI=1S/C15H19N3O3/c1-2-5-12(6-3-1)20-11-15-18-17-14(21-15)10-16-9-13-7-4-8-19-13/h1-3,5-6,13,16H,4,7-11H2. The van der Waals surface area contributed by atoms with Crippen LogP contribution in [-0.2, 0) is 17.9 Å². The Labute approximate surface area is 123 Å². The molecule has 1 N–H and O–H groups in total. The second-order valence-corrected chi connectivity index (χ2v) is 4.96. The molecule has 112 valence electrons. The smallest absolute Gasteiger partial charge is 0.253 e. The van der Waals surface area contributed by atoms with Crippen LogP contribution in [0.1, 0.15) is 24.6 Å². The summed E-state index contributed by atoms with van der Waals surface area (Å²) in [4.78, 5) is 0. The number of para-hydroxylation sites is 1. The molecule has 0 bridgehead atoms. The minimum absolute atomic E-state index is 0.281. The normalized spacial score (nSPS) is 18.0. The zero-order valence-electron chi connectivity index (χ0n) is 11.8. The van der Waals surface area contributed by atoms with Gasteiger partial charge in [0.05, 0.1) is 12.6 Å². The molecule has 3 rings (SSSR count).